The summed E-state index contributed by atoms with van der Waals surface area (Å²) in [4.78, 5) is 37.7. The van der Waals surface area contributed by atoms with Gasteiger partial charge in [0.25, 0.3) is 11.7 Å². The molecule has 150 valence electrons. The number of carboxylic acid groups (broad SMARTS) is 1. The molecule has 0 spiro atoms. The number of benzene rings is 2. The van der Waals surface area contributed by atoms with Crippen LogP contribution in [0.4, 0.5) is 0 Å². The summed E-state index contributed by atoms with van der Waals surface area (Å²) in [5, 5.41) is 20.2. The first-order valence-electron chi connectivity index (χ1n) is 9.12. The predicted octanol–water partition coefficient (Wildman–Crippen LogP) is 3.93. The van der Waals surface area contributed by atoms with Crippen LogP contribution < -0.4 is 0 Å². The van der Waals surface area contributed by atoms with Crippen molar-refractivity contribution in [1.29, 1.82) is 0 Å². The molecule has 1 atom stereocenters. The van der Waals surface area contributed by atoms with E-state index in [2.05, 4.69) is 0 Å². The van der Waals surface area contributed by atoms with E-state index in [1.807, 2.05) is 19.1 Å². The Kier molecular flexibility index (Phi) is 6.03. The van der Waals surface area contributed by atoms with Gasteiger partial charge in [0.05, 0.1) is 11.6 Å². The molecule has 0 aliphatic carbocycles. The molecule has 29 heavy (non-hydrogen) atoms. The molecule has 0 radical (unpaired) electrons. The fourth-order valence-corrected chi connectivity index (χ4v) is 3.50. The SMILES string of the molecule is Cc1ccc([C@@H]2/C(=C(\O)c3ccc(Cl)cc3)C(=O)C(=O)N2CCCC(=O)O)cc1. The highest BCUT2D eigenvalue weighted by molar-refractivity contribution is 6.46. The minimum atomic E-state index is -0.977. The van der Waals surface area contributed by atoms with E-state index in [1.165, 1.54) is 4.90 Å². The summed E-state index contributed by atoms with van der Waals surface area (Å²) in [5.74, 6) is -2.81. The van der Waals surface area contributed by atoms with Gasteiger partial charge in [0.2, 0.25) is 0 Å². The molecule has 1 heterocycles. The van der Waals surface area contributed by atoms with E-state index in [0.29, 0.717) is 16.1 Å². The lowest BCUT2D eigenvalue weighted by molar-refractivity contribution is -0.140. The van der Waals surface area contributed by atoms with Gasteiger partial charge in [0, 0.05) is 23.6 Å². The van der Waals surface area contributed by atoms with E-state index in [0.717, 1.165) is 5.56 Å². The number of aliphatic carboxylic acids is 1. The smallest absolute Gasteiger partial charge is 0.303 e. The maximum Gasteiger partial charge on any atom is 0.303 e. The number of carboxylic acids is 1. The zero-order valence-corrected chi connectivity index (χ0v) is 16.5. The van der Waals surface area contributed by atoms with Gasteiger partial charge in [-0.15, -0.1) is 0 Å². The third-order valence-electron chi connectivity index (χ3n) is 4.84. The molecule has 0 bridgehead atoms. The van der Waals surface area contributed by atoms with Crippen molar-refractivity contribution in [2.24, 2.45) is 0 Å². The number of aliphatic hydroxyl groups excluding tert-OH is 1. The van der Waals surface area contributed by atoms with Crippen molar-refractivity contribution in [3.8, 4) is 0 Å². The van der Waals surface area contributed by atoms with Crippen molar-refractivity contribution in [1.82, 2.24) is 4.90 Å². The first-order valence-corrected chi connectivity index (χ1v) is 9.50. The van der Waals surface area contributed by atoms with E-state index in [4.69, 9.17) is 16.7 Å². The van der Waals surface area contributed by atoms with Crippen LogP contribution >= 0.6 is 11.6 Å². The zero-order valence-electron chi connectivity index (χ0n) is 15.8. The molecule has 2 aromatic carbocycles. The molecule has 1 amide bonds. The van der Waals surface area contributed by atoms with Crippen LogP contribution in [0.25, 0.3) is 5.76 Å². The van der Waals surface area contributed by atoms with Crippen molar-refractivity contribution in [3.05, 3.63) is 75.8 Å². The number of ketones is 1. The van der Waals surface area contributed by atoms with Crippen LogP contribution in [0.1, 0.15) is 35.6 Å². The topological polar surface area (TPSA) is 94.9 Å². The Morgan fingerprint density at radius 2 is 1.66 bits per heavy atom. The molecule has 7 heteroatoms. The molecule has 2 N–H and O–H groups in total. The molecule has 6 nitrogen and oxygen atoms in total. The molecule has 0 saturated carbocycles. The number of rotatable bonds is 6. The second kappa shape index (κ2) is 8.49. The number of halogens is 1. The van der Waals surface area contributed by atoms with Crippen molar-refractivity contribution in [2.45, 2.75) is 25.8 Å². The highest BCUT2D eigenvalue weighted by atomic mass is 35.5. The van der Waals surface area contributed by atoms with Gasteiger partial charge in [-0.1, -0.05) is 41.4 Å². The van der Waals surface area contributed by atoms with E-state index in [1.54, 1.807) is 36.4 Å². The monoisotopic (exact) mass is 413 g/mol. The van der Waals surface area contributed by atoms with Gasteiger partial charge in [0.15, 0.2) is 0 Å². The second-order valence-corrected chi connectivity index (χ2v) is 7.34. The lowest BCUT2D eigenvalue weighted by atomic mass is 9.94. The van der Waals surface area contributed by atoms with Crippen LogP contribution in [-0.2, 0) is 14.4 Å². The standard InChI is InChI=1S/C22H20ClNO5/c1-13-4-6-14(7-5-13)19-18(20(27)15-8-10-16(23)11-9-15)21(28)22(29)24(19)12-2-3-17(25)26/h4-11,19,27H,2-3,12H2,1H3,(H,25,26)/b20-18+/t19-/m1/s1. The molecule has 2 aromatic rings. The summed E-state index contributed by atoms with van der Waals surface area (Å²) >= 11 is 5.90. The Morgan fingerprint density at radius 1 is 1.03 bits per heavy atom. The third-order valence-corrected chi connectivity index (χ3v) is 5.09. The molecule has 1 fully saturated rings. The third kappa shape index (κ3) is 4.32. The van der Waals surface area contributed by atoms with Crippen LogP contribution in [0.2, 0.25) is 5.02 Å². The number of carbonyl (C=O) groups excluding carboxylic acids is 2. The fraction of sp³-hybridized carbons (Fsp3) is 0.227. The Bertz CT molecular complexity index is 979. The minimum Gasteiger partial charge on any atom is -0.507 e. The van der Waals surface area contributed by atoms with E-state index in [-0.39, 0.29) is 30.7 Å². The quantitative estimate of drug-likeness (QED) is 0.425. The highest BCUT2D eigenvalue weighted by Gasteiger charge is 2.45. The molecule has 0 unspecified atom stereocenters. The van der Waals surface area contributed by atoms with Crippen molar-refractivity contribution >= 4 is 35.0 Å². The number of aliphatic hydroxyl groups is 1. The summed E-state index contributed by atoms with van der Waals surface area (Å²) < 4.78 is 0. The first kappa shape index (κ1) is 20.6. The summed E-state index contributed by atoms with van der Waals surface area (Å²) in [6.07, 6.45) is 0.0759. The van der Waals surface area contributed by atoms with E-state index in [9.17, 15) is 19.5 Å². The van der Waals surface area contributed by atoms with Gasteiger partial charge in [0.1, 0.15) is 5.76 Å². The average molecular weight is 414 g/mol. The molecular formula is C22H20ClNO5. The molecule has 1 saturated heterocycles. The first-order chi connectivity index (χ1) is 13.8. The summed E-state index contributed by atoms with van der Waals surface area (Å²) in [6.45, 7) is 2.01. The second-order valence-electron chi connectivity index (χ2n) is 6.91. The number of likely N-dealkylation sites (tertiary alicyclic amines) is 1. The van der Waals surface area contributed by atoms with E-state index < -0.39 is 23.7 Å². The van der Waals surface area contributed by atoms with Crippen LogP contribution in [0.5, 0.6) is 0 Å². The van der Waals surface area contributed by atoms with Crippen molar-refractivity contribution in [2.75, 3.05) is 6.54 Å². The molecule has 0 aromatic heterocycles. The molecule has 3 rings (SSSR count). The summed E-state index contributed by atoms with van der Waals surface area (Å²) in [6, 6.07) is 12.8. The number of amides is 1. The Labute approximate surface area is 173 Å². The Morgan fingerprint density at radius 3 is 2.24 bits per heavy atom. The average Bonchev–Trinajstić information content (AvgIpc) is 2.93. The van der Waals surface area contributed by atoms with Gasteiger partial charge in [-0.3, -0.25) is 14.4 Å². The maximum absolute atomic E-state index is 12.8. The van der Waals surface area contributed by atoms with Crippen molar-refractivity contribution in [3.63, 3.8) is 0 Å². The largest absolute Gasteiger partial charge is 0.507 e. The number of carbonyl (C=O) groups is 3. The maximum atomic E-state index is 12.8. The zero-order chi connectivity index (χ0) is 21.1. The Hall–Kier alpha value is -3.12. The fourth-order valence-electron chi connectivity index (χ4n) is 3.37. The van der Waals surface area contributed by atoms with Crippen LogP contribution in [0.3, 0.4) is 0 Å². The van der Waals surface area contributed by atoms with E-state index >= 15 is 0 Å². The normalized spacial score (nSPS) is 18.3. The molecule has 1 aliphatic heterocycles. The van der Waals surface area contributed by atoms with Crippen LogP contribution in [0, 0.1) is 6.92 Å². The summed E-state index contributed by atoms with van der Waals surface area (Å²) in [5.41, 5.74) is 2.03. The number of nitrogens with zero attached hydrogens (tertiary/aromatic N) is 1. The molecule has 1 aliphatic rings. The number of hydrogen-bond donors (Lipinski definition) is 2. The minimum absolute atomic E-state index is 0.0171. The van der Waals surface area contributed by atoms with Gasteiger partial charge in [-0.25, -0.2) is 0 Å². The molecular weight excluding hydrogens is 394 g/mol. The predicted molar refractivity (Wildman–Crippen MR) is 109 cm³/mol. The Balaban J connectivity index is 2.08. The van der Waals surface area contributed by atoms with Gasteiger partial charge >= 0.3 is 5.97 Å². The van der Waals surface area contributed by atoms with Gasteiger partial charge in [-0.2, -0.15) is 0 Å². The lowest BCUT2D eigenvalue weighted by Gasteiger charge is -2.25. The number of Topliss-reactive ketones (excluding diaryl/α,β-unsaturated/α-hetero) is 1. The number of hydrogen-bond acceptors (Lipinski definition) is 4. The van der Waals surface area contributed by atoms with Crippen LogP contribution in [-0.4, -0.2) is 39.3 Å². The van der Waals surface area contributed by atoms with Gasteiger partial charge < -0.3 is 15.1 Å². The number of aryl methyl sites for hydroxylation is 1. The van der Waals surface area contributed by atoms with Crippen LogP contribution in [0.15, 0.2) is 54.1 Å². The van der Waals surface area contributed by atoms with Crippen molar-refractivity contribution < 1.29 is 24.6 Å². The highest BCUT2D eigenvalue weighted by Crippen LogP contribution is 2.39. The lowest BCUT2D eigenvalue weighted by Crippen LogP contribution is -2.31. The summed E-state index contributed by atoms with van der Waals surface area (Å²) in [7, 11) is 0. The van der Waals surface area contributed by atoms with Gasteiger partial charge in [-0.05, 0) is 43.2 Å².